The molecule has 0 aliphatic carbocycles. The molecule has 0 saturated carbocycles. The van der Waals surface area contributed by atoms with Gasteiger partial charge in [0.2, 0.25) is 5.91 Å². The van der Waals surface area contributed by atoms with Gasteiger partial charge in [0.05, 0.1) is 24.0 Å². The van der Waals surface area contributed by atoms with E-state index in [-0.39, 0.29) is 30.8 Å². The Bertz CT molecular complexity index is 1220. The maximum absolute atomic E-state index is 13.3. The minimum atomic E-state index is -0.334. The summed E-state index contributed by atoms with van der Waals surface area (Å²) >= 11 is 0. The van der Waals surface area contributed by atoms with Gasteiger partial charge in [-0.3, -0.25) is 19.6 Å². The molecule has 9 heteroatoms. The van der Waals surface area contributed by atoms with Crippen LogP contribution in [0.4, 0.5) is 15.0 Å². The highest BCUT2D eigenvalue weighted by atomic mass is 19.1. The summed E-state index contributed by atoms with van der Waals surface area (Å²) in [4.78, 5) is 33.5. The van der Waals surface area contributed by atoms with Crippen molar-refractivity contribution in [3.05, 3.63) is 77.2 Å². The molecule has 3 heterocycles. The molecule has 2 aliphatic heterocycles. The predicted molar refractivity (Wildman–Crippen MR) is 117 cm³/mol. The zero-order chi connectivity index (χ0) is 22.2. The Labute approximate surface area is 184 Å². The van der Waals surface area contributed by atoms with Crippen LogP contribution in [0.1, 0.15) is 16.7 Å². The van der Waals surface area contributed by atoms with Crippen molar-refractivity contribution in [1.29, 1.82) is 0 Å². The number of amides is 3. The molecule has 0 spiro atoms. The largest absolute Gasteiger partial charge is 0.350 e. The van der Waals surface area contributed by atoms with Crippen LogP contribution < -0.4 is 10.2 Å². The molecule has 1 N–H and O–H groups in total. The van der Waals surface area contributed by atoms with E-state index < -0.39 is 0 Å². The van der Waals surface area contributed by atoms with Gasteiger partial charge < -0.3 is 5.32 Å². The van der Waals surface area contributed by atoms with Gasteiger partial charge in [0.25, 0.3) is 0 Å². The van der Waals surface area contributed by atoms with E-state index in [0.29, 0.717) is 30.3 Å². The molecule has 0 fully saturated rings. The van der Waals surface area contributed by atoms with Crippen LogP contribution in [0.3, 0.4) is 0 Å². The first-order valence-corrected chi connectivity index (χ1v) is 10.3. The maximum Gasteiger partial charge on any atom is 0.331 e. The first kappa shape index (κ1) is 19.9. The van der Waals surface area contributed by atoms with E-state index in [2.05, 4.69) is 15.4 Å². The second kappa shape index (κ2) is 7.92. The standard InChI is InChI=1S/C23H21FN6O2/c1-15-2-8-18(9-3-15)30-22-19(13-27-30)21-25-10-11-28(21)23(32)29(22)14-20(31)26-12-16-4-6-17(24)7-5-16/h2-9,13H,10-12,14H2,1H3,(H,26,31). The van der Waals surface area contributed by atoms with E-state index in [1.807, 2.05) is 31.2 Å². The second-order valence-electron chi connectivity index (χ2n) is 7.76. The van der Waals surface area contributed by atoms with E-state index in [1.54, 1.807) is 27.9 Å². The average molecular weight is 432 g/mol. The van der Waals surface area contributed by atoms with Crippen LogP contribution in [0.5, 0.6) is 0 Å². The Kier molecular flexibility index (Phi) is 4.93. The van der Waals surface area contributed by atoms with E-state index in [4.69, 9.17) is 0 Å². The number of amidine groups is 1. The molecular weight excluding hydrogens is 411 g/mol. The number of urea groups is 1. The van der Waals surface area contributed by atoms with E-state index >= 15 is 0 Å². The average Bonchev–Trinajstić information content (AvgIpc) is 3.44. The summed E-state index contributed by atoms with van der Waals surface area (Å²) in [5, 5.41) is 7.30. The molecule has 32 heavy (non-hydrogen) atoms. The smallest absolute Gasteiger partial charge is 0.331 e. The van der Waals surface area contributed by atoms with Gasteiger partial charge in [0.15, 0.2) is 5.82 Å². The third-order valence-corrected chi connectivity index (χ3v) is 5.53. The molecule has 2 aliphatic rings. The predicted octanol–water partition coefficient (Wildman–Crippen LogP) is 2.64. The van der Waals surface area contributed by atoms with Crippen molar-refractivity contribution in [3.63, 3.8) is 0 Å². The van der Waals surface area contributed by atoms with Gasteiger partial charge in [-0.25, -0.2) is 13.9 Å². The van der Waals surface area contributed by atoms with Crippen LogP contribution in [0.2, 0.25) is 0 Å². The van der Waals surface area contributed by atoms with Crippen molar-refractivity contribution >= 4 is 23.6 Å². The Morgan fingerprint density at radius 1 is 1.12 bits per heavy atom. The highest BCUT2D eigenvalue weighted by Crippen LogP contribution is 2.32. The summed E-state index contributed by atoms with van der Waals surface area (Å²) in [5.74, 6) is 0.447. The van der Waals surface area contributed by atoms with Crippen molar-refractivity contribution in [2.45, 2.75) is 13.5 Å². The fourth-order valence-corrected chi connectivity index (χ4v) is 3.88. The zero-order valence-corrected chi connectivity index (χ0v) is 17.5. The van der Waals surface area contributed by atoms with Crippen LogP contribution in [-0.4, -0.2) is 52.1 Å². The van der Waals surface area contributed by atoms with Crippen molar-refractivity contribution in [2.75, 3.05) is 24.5 Å². The van der Waals surface area contributed by atoms with Gasteiger partial charge in [0.1, 0.15) is 18.2 Å². The quantitative estimate of drug-likeness (QED) is 0.673. The number of aryl methyl sites for hydroxylation is 1. The molecule has 1 aromatic heterocycles. The molecule has 0 atom stereocenters. The summed E-state index contributed by atoms with van der Waals surface area (Å²) < 4.78 is 14.8. The number of aromatic nitrogens is 2. The number of halogens is 1. The van der Waals surface area contributed by atoms with Crippen molar-refractivity contribution in [1.82, 2.24) is 20.0 Å². The first-order chi connectivity index (χ1) is 15.5. The number of carbonyl (C=O) groups is 2. The number of rotatable bonds is 5. The molecule has 0 radical (unpaired) electrons. The van der Waals surface area contributed by atoms with Crippen LogP contribution in [-0.2, 0) is 11.3 Å². The third-order valence-electron chi connectivity index (χ3n) is 5.53. The number of hydrogen-bond donors (Lipinski definition) is 1. The van der Waals surface area contributed by atoms with Gasteiger partial charge in [0, 0.05) is 13.1 Å². The number of hydrogen-bond acceptors (Lipinski definition) is 4. The lowest BCUT2D eigenvalue weighted by atomic mass is 10.2. The Hall–Kier alpha value is -4.01. The van der Waals surface area contributed by atoms with Gasteiger partial charge in [-0.15, -0.1) is 0 Å². The molecule has 0 bridgehead atoms. The summed E-state index contributed by atoms with van der Waals surface area (Å²) in [6, 6.07) is 13.4. The SMILES string of the molecule is Cc1ccc(-n2ncc3c2N(CC(=O)NCc2ccc(F)cc2)C(=O)N2CCN=C32)cc1. The van der Waals surface area contributed by atoms with Gasteiger partial charge >= 0.3 is 6.03 Å². The van der Waals surface area contributed by atoms with E-state index in [9.17, 15) is 14.0 Å². The number of carbonyl (C=O) groups excluding carboxylic acids is 2. The number of fused-ring (bicyclic) bond motifs is 3. The Morgan fingerprint density at radius 3 is 2.62 bits per heavy atom. The topological polar surface area (TPSA) is 82.8 Å². The zero-order valence-electron chi connectivity index (χ0n) is 17.5. The molecule has 3 aromatic rings. The van der Waals surface area contributed by atoms with Gasteiger partial charge in [-0.2, -0.15) is 5.10 Å². The minimum Gasteiger partial charge on any atom is -0.350 e. The summed E-state index contributed by atoms with van der Waals surface area (Å²) in [6.07, 6.45) is 1.68. The number of benzene rings is 2. The number of nitrogens with one attached hydrogen (secondary N) is 1. The van der Waals surface area contributed by atoms with E-state index in [0.717, 1.165) is 16.8 Å². The summed E-state index contributed by atoms with van der Waals surface area (Å²) in [6.45, 7) is 3.04. The molecule has 5 rings (SSSR count). The van der Waals surface area contributed by atoms with Gasteiger partial charge in [-0.05, 0) is 36.8 Å². The molecule has 0 unspecified atom stereocenters. The molecule has 2 aromatic carbocycles. The second-order valence-corrected chi connectivity index (χ2v) is 7.76. The number of anilines is 1. The number of nitrogens with zero attached hydrogens (tertiary/aromatic N) is 5. The molecule has 162 valence electrons. The summed E-state index contributed by atoms with van der Waals surface area (Å²) in [5.41, 5.74) is 3.38. The highest BCUT2D eigenvalue weighted by molar-refractivity contribution is 6.20. The Balaban J connectivity index is 1.44. The lowest BCUT2D eigenvalue weighted by Crippen LogP contribution is -2.53. The lowest BCUT2D eigenvalue weighted by Gasteiger charge is -2.33. The highest BCUT2D eigenvalue weighted by Gasteiger charge is 2.41. The van der Waals surface area contributed by atoms with Gasteiger partial charge in [-0.1, -0.05) is 29.8 Å². The van der Waals surface area contributed by atoms with Crippen LogP contribution in [0.15, 0.2) is 59.7 Å². The minimum absolute atomic E-state index is 0.172. The fraction of sp³-hybridized carbons (Fsp3) is 0.217. The van der Waals surface area contributed by atoms with Crippen molar-refractivity contribution in [3.8, 4) is 5.69 Å². The monoisotopic (exact) mass is 432 g/mol. The molecular formula is C23H21FN6O2. The first-order valence-electron chi connectivity index (χ1n) is 10.3. The normalized spacial score (nSPS) is 14.8. The maximum atomic E-state index is 13.3. The number of aliphatic imine (C=N–C) groups is 1. The summed E-state index contributed by atoms with van der Waals surface area (Å²) in [7, 11) is 0. The van der Waals surface area contributed by atoms with Crippen LogP contribution in [0.25, 0.3) is 5.69 Å². The van der Waals surface area contributed by atoms with Crippen molar-refractivity contribution < 1.29 is 14.0 Å². The van der Waals surface area contributed by atoms with E-state index in [1.165, 1.54) is 17.0 Å². The molecule has 8 nitrogen and oxygen atoms in total. The lowest BCUT2D eigenvalue weighted by molar-refractivity contribution is -0.119. The third kappa shape index (κ3) is 3.51. The van der Waals surface area contributed by atoms with Crippen LogP contribution in [0, 0.1) is 12.7 Å². The molecule has 0 saturated heterocycles. The molecule has 3 amide bonds. The van der Waals surface area contributed by atoms with Crippen molar-refractivity contribution in [2.24, 2.45) is 4.99 Å². The Morgan fingerprint density at radius 2 is 1.88 bits per heavy atom. The van der Waals surface area contributed by atoms with Crippen LogP contribution >= 0.6 is 0 Å². The fourth-order valence-electron chi connectivity index (χ4n) is 3.88.